The number of benzene rings is 1. The molecule has 0 fully saturated rings. The minimum Gasteiger partial charge on any atom is -0.505 e. The van der Waals surface area contributed by atoms with Crippen LogP contribution in [0, 0.1) is 5.82 Å². The summed E-state index contributed by atoms with van der Waals surface area (Å²) in [7, 11) is -3.56. The first-order chi connectivity index (χ1) is 17.2. The number of halogens is 1. The minimum absolute atomic E-state index is 0.0658. The first-order valence-corrected chi connectivity index (χ1v) is 14.1. The van der Waals surface area contributed by atoms with Crippen molar-refractivity contribution >= 4 is 37.0 Å². The number of nitrogens with one attached hydrogen (secondary N) is 1. The summed E-state index contributed by atoms with van der Waals surface area (Å²) in [5.41, 5.74) is -1.38. The Bertz CT molecular complexity index is 1640. The molecule has 15 heteroatoms. The van der Waals surface area contributed by atoms with Gasteiger partial charge in [0.05, 0.1) is 10.4 Å². The number of carbonyl (C=O) groups excluding carboxylic acids is 1. The van der Waals surface area contributed by atoms with Crippen LogP contribution in [0.1, 0.15) is 15.9 Å². The second-order valence-corrected chi connectivity index (χ2v) is 12.6. The molecule has 0 saturated heterocycles. The van der Waals surface area contributed by atoms with Crippen LogP contribution in [0.4, 0.5) is 4.39 Å². The van der Waals surface area contributed by atoms with Gasteiger partial charge in [0.1, 0.15) is 16.9 Å². The van der Waals surface area contributed by atoms with Gasteiger partial charge in [0.25, 0.3) is 21.7 Å². The number of fused-ring (bicyclic) bond motifs is 1. The van der Waals surface area contributed by atoms with E-state index in [1.807, 2.05) is 0 Å². The summed E-state index contributed by atoms with van der Waals surface area (Å²) < 4.78 is 65.5. The first kappa shape index (κ1) is 28.2. The standard InChI is InChI=1S/C22H26FN5O7S2/c1-26(2)37(34,35)27(3)10-11-28-16-6-5-9-24-19(16)20(29)18(22(28)31)21(30)25-13-14-7-8-15(23)12-17(14)36(4,32)33/h5-9,12,29H,10-11,13H2,1-4H3,(H,25,30). The molecule has 2 aromatic heterocycles. The van der Waals surface area contributed by atoms with E-state index in [2.05, 4.69) is 10.3 Å². The van der Waals surface area contributed by atoms with Crippen LogP contribution >= 0.6 is 0 Å². The van der Waals surface area contributed by atoms with Gasteiger partial charge in [0, 0.05) is 53.2 Å². The van der Waals surface area contributed by atoms with Crippen LogP contribution in [-0.2, 0) is 33.1 Å². The predicted molar refractivity (Wildman–Crippen MR) is 134 cm³/mol. The lowest BCUT2D eigenvalue weighted by Gasteiger charge is -2.22. The highest BCUT2D eigenvalue weighted by Crippen LogP contribution is 2.25. The highest BCUT2D eigenvalue weighted by Gasteiger charge is 2.25. The maximum Gasteiger partial charge on any atom is 0.281 e. The van der Waals surface area contributed by atoms with Crippen molar-refractivity contribution in [3.63, 3.8) is 0 Å². The van der Waals surface area contributed by atoms with Crippen molar-refractivity contribution in [3.05, 3.63) is 63.8 Å². The lowest BCUT2D eigenvalue weighted by molar-refractivity contribution is 0.0946. The van der Waals surface area contributed by atoms with Crippen molar-refractivity contribution < 1.29 is 31.1 Å². The highest BCUT2D eigenvalue weighted by atomic mass is 32.2. The number of amides is 1. The molecule has 0 unspecified atom stereocenters. The molecule has 0 atom stereocenters. The number of hydrogen-bond donors (Lipinski definition) is 2. The fraction of sp³-hybridized carbons (Fsp3) is 0.318. The van der Waals surface area contributed by atoms with E-state index < -0.39 is 48.6 Å². The van der Waals surface area contributed by atoms with E-state index in [0.29, 0.717) is 0 Å². The zero-order valence-corrected chi connectivity index (χ0v) is 22.1. The van der Waals surface area contributed by atoms with Gasteiger partial charge in [-0.15, -0.1) is 0 Å². The molecule has 3 rings (SSSR count). The average Bonchev–Trinajstić information content (AvgIpc) is 2.82. The molecule has 0 aliphatic rings. The normalized spacial score (nSPS) is 12.4. The van der Waals surface area contributed by atoms with Gasteiger partial charge in [0.15, 0.2) is 15.6 Å². The Hall–Kier alpha value is -3.40. The molecule has 0 radical (unpaired) electrons. The number of carbonyl (C=O) groups is 1. The number of aromatic nitrogens is 2. The average molecular weight is 556 g/mol. The van der Waals surface area contributed by atoms with Gasteiger partial charge in [0.2, 0.25) is 0 Å². The minimum atomic E-state index is -3.83. The summed E-state index contributed by atoms with van der Waals surface area (Å²) in [6, 6.07) is 6.03. The molecular weight excluding hydrogens is 529 g/mol. The number of aromatic hydroxyl groups is 1. The van der Waals surface area contributed by atoms with E-state index in [-0.39, 0.29) is 41.1 Å². The van der Waals surface area contributed by atoms with Gasteiger partial charge in [-0.3, -0.25) is 14.6 Å². The fourth-order valence-electron chi connectivity index (χ4n) is 3.61. The van der Waals surface area contributed by atoms with E-state index >= 15 is 0 Å². The zero-order valence-electron chi connectivity index (χ0n) is 20.5. The molecular formula is C22H26FN5O7S2. The van der Waals surface area contributed by atoms with Crippen LogP contribution in [0.15, 0.2) is 46.2 Å². The molecule has 3 aromatic rings. The first-order valence-electron chi connectivity index (χ1n) is 10.8. The molecule has 0 saturated carbocycles. The summed E-state index contributed by atoms with van der Waals surface area (Å²) >= 11 is 0. The van der Waals surface area contributed by atoms with Crippen LogP contribution < -0.4 is 10.9 Å². The maximum absolute atomic E-state index is 13.6. The molecule has 0 aliphatic heterocycles. The molecule has 37 heavy (non-hydrogen) atoms. The van der Waals surface area contributed by atoms with Crippen LogP contribution in [0.3, 0.4) is 0 Å². The number of hydrogen-bond acceptors (Lipinski definition) is 8. The number of pyridine rings is 2. The lowest BCUT2D eigenvalue weighted by atomic mass is 10.1. The van der Waals surface area contributed by atoms with Crippen molar-refractivity contribution in [1.29, 1.82) is 0 Å². The Kier molecular flexibility index (Phi) is 8.02. The SMILES string of the molecule is CN(C)S(=O)(=O)N(C)CCn1c(=O)c(C(=O)NCc2ccc(F)cc2S(C)(=O)=O)c(O)c2ncccc21. The molecule has 200 valence electrons. The van der Waals surface area contributed by atoms with E-state index in [4.69, 9.17) is 0 Å². The van der Waals surface area contributed by atoms with Crippen molar-refractivity contribution in [3.8, 4) is 5.75 Å². The van der Waals surface area contributed by atoms with E-state index in [9.17, 15) is 35.9 Å². The molecule has 0 bridgehead atoms. The Morgan fingerprint density at radius 2 is 1.84 bits per heavy atom. The molecule has 0 aliphatic carbocycles. The van der Waals surface area contributed by atoms with Crippen LogP contribution in [0.5, 0.6) is 5.75 Å². The smallest absolute Gasteiger partial charge is 0.281 e. The second kappa shape index (κ2) is 10.5. The zero-order chi connectivity index (χ0) is 27.7. The maximum atomic E-state index is 13.6. The van der Waals surface area contributed by atoms with Crippen LogP contribution in [-0.4, -0.2) is 80.0 Å². The monoisotopic (exact) mass is 555 g/mol. The molecule has 0 spiro atoms. The van der Waals surface area contributed by atoms with Crippen molar-refractivity contribution in [1.82, 2.24) is 23.5 Å². The Morgan fingerprint density at radius 1 is 1.16 bits per heavy atom. The quantitative estimate of drug-likeness (QED) is 0.382. The Labute approximate surface area is 213 Å². The molecule has 1 aromatic carbocycles. The summed E-state index contributed by atoms with van der Waals surface area (Å²) in [5.74, 6) is -2.49. The van der Waals surface area contributed by atoms with E-state index in [0.717, 1.165) is 31.6 Å². The van der Waals surface area contributed by atoms with Gasteiger partial charge in [-0.1, -0.05) is 6.07 Å². The van der Waals surface area contributed by atoms with Gasteiger partial charge in [-0.25, -0.2) is 12.8 Å². The largest absolute Gasteiger partial charge is 0.505 e. The van der Waals surface area contributed by atoms with E-state index in [1.54, 1.807) is 0 Å². The second-order valence-electron chi connectivity index (χ2n) is 8.37. The molecule has 1 amide bonds. The van der Waals surface area contributed by atoms with Crippen molar-refractivity contribution in [2.24, 2.45) is 0 Å². The topological polar surface area (TPSA) is 159 Å². The number of rotatable bonds is 9. The summed E-state index contributed by atoms with van der Waals surface area (Å²) in [5, 5.41) is 13.1. The summed E-state index contributed by atoms with van der Waals surface area (Å²) in [6.07, 6.45) is 2.23. The lowest BCUT2D eigenvalue weighted by Crippen LogP contribution is -2.40. The third-order valence-corrected chi connectivity index (χ3v) is 8.66. The van der Waals surface area contributed by atoms with Gasteiger partial charge in [-0.05, 0) is 29.8 Å². The Morgan fingerprint density at radius 3 is 2.46 bits per heavy atom. The molecule has 2 heterocycles. The summed E-state index contributed by atoms with van der Waals surface area (Å²) in [4.78, 5) is 30.1. The van der Waals surface area contributed by atoms with Crippen molar-refractivity contribution in [2.75, 3.05) is 33.9 Å². The van der Waals surface area contributed by atoms with Crippen LogP contribution in [0.25, 0.3) is 11.0 Å². The number of likely N-dealkylation sites (N-methyl/N-ethyl adjacent to an activating group) is 1. The molecule has 12 nitrogen and oxygen atoms in total. The highest BCUT2D eigenvalue weighted by molar-refractivity contribution is 7.90. The van der Waals surface area contributed by atoms with Gasteiger partial charge in [-0.2, -0.15) is 17.0 Å². The number of sulfone groups is 1. The third kappa shape index (κ3) is 5.79. The Balaban J connectivity index is 2.01. The third-order valence-electron chi connectivity index (χ3n) is 5.59. The van der Waals surface area contributed by atoms with Crippen molar-refractivity contribution in [2.45, 2.75) is 18.0 Å². The predicted octanol–water partition coefficient (Wildman–Crippen LogP) is 0.313. The van der Waals surface area contributed by atoms with Gasteiger partial charge < -0.3 is 15.0 Å². The molecule has 2 N–H and O–H groups in total. The number of nitrogens with zero attached hydrogens (tertiary/aromatic N) is 4. The summed E-state index contributed by atoms with van der Waals surface area (Å²) in [6.45, 7) is -0.685. The van der Waals surface area contributed by atoms with E-state index in [1.165, 1.54) is 45.5 Å². The van der Waals surface area contributed by atoms with Gasteiger partial charge >= 0.3 is 0 Å². The van der Waals surface area contributed by atoms with Crippen LogP contribution in [0.2, 0.25) is 0 Å². The fourth-order valence-corrected chi connectivity index (χ4v) is 5.42.